The van der Waals surface area contributed by atoms with Gasteiger partial charge in [-0.2, -0.15) is 79.0 Å². The summed E-state index contributed by atoms with van der Waals surface area (Å²) in [6.45, 7) is -5.15. The molecule has 0 aliphatic carbocycles. The monoisotopic (exact) mass is 590 g/mol. The molecule has 2 unspecified atom stereocenters. The molecule has 0 fully saturated rings. The van der Waals surface area contributed by atoms with E-state index in [-0.39, 0.29) is 0 Å². The molecule has 0 aliphatic heterocycles. The Labute approximate surface area is 184 Å². The van der Waals surface area contributed by atoms with Gasteiger partial charge in [0.25, 0.3) is 11.3 Å². The minimum Gasteiger partial charge on any atom is -0.396 e. The van der Waals surface area contributed by atoms with E-state index in [2.05, 4.69) is 0 Å². The van der Waals surface area contributed by atoms with Crippen molar-refractivity contribution in [3.63, 3.8) is 0 Å². The number of hydrogen-bond acceptors (Lipinski definition) is 2. The molecule has 22 heteroatoms. The highest BCUT2D eigenvalue weighted by atomic mass is 19.4. The summed E-state index contributed by atoms with van der Waals surface area (Å²) in [4.78, 5) is 0. The molecule has 0 rings (SSSR count). The molecule has 0 aliphatic rings. The molecule has 0 aromatic rings. The minimum atomic E-state index is -8.99. The lowest BCUT2D eigenvalue weighted by atomic mass is 9.80. The Balaban J connectivity index is 7.25. The van der Waals surface area contributed by atoms with Crippen molar-refractivity contribution in [3.05, 3.63) is 0 Å². The first kappa shape index (κ1) is 34.5. The molecule has 0 amide bonds. The van der Waals surface area contributed by atoms with Gasteiger partial charge in [-0.3, -0.25) is 0 Å². The molecule has 2 atom stereocenters. The van der Waals surface area contributed by atoms with E-state index < -0.39 is 85.3 Å². The number of aliphatic hydroxyl groups is 2. The van der Waals surface area contributed by atoms with Gasteiger partial charge in [-0.15, -0.1) is 0 Å². The first-order valence-corrected chi connectivity index (χ1v) is 8.37. The van der Waals surface area contributed by atoms with Crippen molar-refractivity contribution in [1.29, 1.82) is 0 Å². The largest absolute Gasteiger partial charge is 0.428 e. The predicted molar refractivity (Wildman–Crippen MR) is 72.9 cm³/mol. The third kappa shape index (κ3) is 4.22. The lowest BCUT2D eigenvalue weighted by Crippen LogP contribution is -2.77. The van der Waals surface area contributed by atoms with Crippen LogP contribution in [0.5, 0.6) is 0 Å². The lowest BCUT2D eigenvalue weighted by molar-refractivity contribution is -0.461. The molecule has 0 radical (unpaired) electrons. The molecule has 0 saturated heterocycles. The number of alkyl halides is 20. The van der Waals surface area contributed by atoms with E-state index in [1.807, 2.05) is 0 Å². The van der Waals surface area contributed by atoms with Gasteiger partial charge >= 0.3 is 47.9 Å². The fourth-order valence-corrected chi connectivity index (χ4v) is 2.55. The van der Waals surface area contributed by atoms with Gasteiger partial charge in [0.15, 0.2) is 0 Å². The molecule has 0 aromatic heterocycles. The normalized spacial score (nSPS) is 19.2. The summed E-state index contributed by atoms with van der Waals surface area (Å²) < 4.78 is 267. The van der Waals surface area contributed by atoms with Crippen molar-refractivity contribution in [2.24, 2.45) is 0 Å². The average Bonchev–Trinajstić information content (AvgIpc) is 2.65. The first-order valence-electron chi connectivity index (χ1n) is 8.37. The van der Waals surface area contributed by atoms with Crippen molar-refractivity contribution >= 4 is 0 Å². The van der Waals surface area contributed by atoms with Crippen LogP contribution in [0.2, 0.25) is 0 Å². The van der Waals surface area contributed by atoms with E-state index in [9.17, 15) is 87.8 Å². The molecule has 36 heavy (non-hydrogen) atoms. The maximum Gasteiger partial charge on any atom is 0.428 e. The van der Waals surface area contributed by atoms with Crippen LogP contribution in [0.25, 0.3) is 0 Å². The van der Waals surface area contributed by atoms with Gasteiger partial charge in [0.1, 0.15) is 0 Å². The van der Waals surface area contributed by atoms with E-state index >= 15 is 0 Å². The van der Waals surface area contributed by atoms with Crippen LogP contribution >= 0.6 is 0 Å². The second-order valence-corrected chi connectivity index (χ2v) is 6.99. The van der Waals surface area contributed by atoms with Crippen molar-refractivity contribution in [2.75, 3.05) is 13.2 Å². The predicted octanol–water partition coefficient (Wildman–Crippen LogP) is 6.10. The summed E-state index contributed by atoms with van der Waals surface area (Å²) in [6.07, 6.45) is -21.7. The van der Waals surface area contributed by atoms with Crippen LogP contribution in [0.4, 0.5) is 87.8 Å². The third-order valence-electron chi connectivity index (χ3n) is 4.78. The fraction of sp³-hybridized carbons (Fsp3) is 1.00. The van der Waals surface area contributed by atoms with Gasteiger partial charge < -0.3 is 10.2 Å². The number of hydrogen-bond donors (Lipinski definition) is 2. The molecule has 2 N–H and O–H groups in total. The second-order valence-electron chi connectivity index (χ2n) is 6.99. The van der Waals surface area contributed by atoms with Crippen LogP contribution < -0.4 is 0 Å². The van der Waals surface area contributed by atoms with E-state index in [1.165, 1.54) is 0 Å². The maximum absolute atomic E-state index is 13.8. The quantitative estimate of drug-likeness (QED) is 0.286. The zero-order chi connectivity index (χ0) is 29.8. The lowest BCUT2D eigenvalue weighted by Gasteiger charge is -2.46. The van der Waals surface area contributed by atoms with Crippen molar-refractivity contribution in [3.8, 4) is 0 Å². The highest BCUT2D eigenvalue weighted by Crippen LogP contribution is 2.66. The van der Waals surface area contributed by atoms with Gasteiger partial charge in [-0.05, 0) is 0 Å². The Kier molecular flexibility index (Phi) is 8.70. The minimum absolute atomic E-state index is 2.57. The van der Waals surface area contributed by atoms with Crippen LogP contribution in [-0.4, -0.2) is 82.7 Å². The molecular weight excluding hydrogens is 580 g/mol. The van der Waals surface area contributed by atoms with Gasteiger partial charge in [0, 0.05) is 26.1 Å². The Morgan fingerprint density at radius 2 is 0.472 bits per heavy atom. The Morgan fingerprint density at radius 1 is 0.306 bits per heavy atom. The summed E-state index contributed by atoms with van der Waals surface area (Å²) in [7, 11) is 0. The smallest absolute Gasteiger partial charge is 0.396 e. The topological polar surface area (TPSA) is 40.5 Å². The summed E-state index contributed by atoms with van der Waals surface area (Å²) in [6, 6.07) is 0. The first-order chi connectivity index (χ1) is 15.4. The van der Waals surface area contributed by atoms with E-state index in [0.29, 0.717) is 0 Å². The third-order valence-corrected chi connectivity index (χ3v) is 4.78. The number of halogens is 20. The molecule has 0 saturated carbocycles. The molecule has 0 heterocycles. The van der Waals surface area contributed by atoms with Gasteiger partial charge in [0.05, 0.1) is 0 Å². The summed E-state index contributed by atoms with van der Waals surface area (Å²) in [5.74, 6) is -52.2. The van der Waals surface area contributed by atoms with E-state index in [4.69, 9.17) is 10.2 Å². The van der Waals surface area contributed by atoms with Crippen molar-refractivity contribution in [2.45, 2.75) is 72.1 Å². The highest BCUT2D eigenvalue weighted by Gasteiger charge is 2.96. The average molecular weight is 590 g/mol. The van der Waals surface area contributed by atoms with Crippen LogP contribution in [0.3, 0.4) is 0 Å². The van der Waals surface area contributed by atoms with Crippen LogP contribution in [0, 0.1) is 0 Å². The summed E-state index contributed by atoms with van der Waals surface area (Å²) in [5.41, 5.74) is -14.3. The molecule has 0 bridgehead atoms. The Hall–Kier alpha value is -1.48. The van der Waals surface area contributed by atoms with E-state index in [0.717, 1.165) is 0 Å². The molecular formula is C14H10F20O2. The highest BCUT2D eigenvalue weighted by molar-refractivity contribution is 5.20. The zero-order valence-corrected chi connectivity index (χ0v) is 16.3. The zero-order valence-electron chi connectivity index (χ0n) is 16.3. The Bertz CT molecular complexity index is 705. The summed E-state index contributed by atoms with van der Waals surface area (Å²) >= 11 is 0. The maximum atomic E-state index is 13.8. The van der Waals surface area contributed by atoms with Gasteiger partial charge in [-0.1, -0.05) is 0 Å². The SMILES string of the molecule is OCCC(F)(C(F)(F)F)C(F)(F)C(F)(F)C(F)(F)C(F)(F)C(F)(F)C(F)(F)C(F)(CCO)C(F)(F)F. The van der Waals surface area contributed by atoms with E-state index in [1.54, 1.807) is 0 Å². The molecule has 0 aromatic carbocycles. The van der Waals surface area contributed by atoms with Gasteiger partial charge in [0.2, 0.25) is 0 Å². The second kappa shape index (κ2) is 9.07. The molecule has 0 spiro atoms. The molecule has 2 nitrogen and oxygen atoms in total. The standard InChI is InChI=1S/C14H10F20O2/c15-5(1-3-35,13(29,30)31)7(17,18)9(21,22)11(25,26)12(27,28)10(23,24)8(19,20)6(16,2-4-36)14(32,33)34/h35-36H,1-4H2. The fourth-order valence-electron chi connectivity index (χ4n) is 2.55. The number of aliphatic hydroxyl groups excluding tert-OH is 2. The summed E-state index contributed by atoms with van der Waals surface area (Å²) in [5, 5.41) is 16.3. The Morgan fingerprint density at radius 3 is 0.611 bits per heavy atom. The van der Waals surface area contributed by atoms with Gasteiger partial charge in [-0.25, -0.2) is 8.78 Å². The van der Waals surface area contributed by atoms with Crippen molar-refractivity contribution in [1.82, 2.24) is 0 Å². The number of rotatable bonds is 11. The van der Waals surface area contributed by atoms with Crippen LogP contribution in [0.1, 0.15) is 12.8 Å². The van der Waals surface area contributed by atoms with Crippen molar-refractivity contribution < 1.29 is 98.0 Å². The van der Waals surface area contributed by atoms with Crippen LogP contribution in [-0.2, 0) is 0 Å². The van der Waals surface area contributed by atoms with Crippen LogP contribution in [0.15, 0.2) is 0 Å². The molecule has 218 valence electrons.